The number of hydrogen-bond acceptors (Lipinski definition) is 2. The van der Waals surface area contributed by atoms with Crippen LogP contribution in [0.15, 0.2) is 18.4 Å². The number of fused-ring (bicyclic) bond motifs is 1. The van der Waals surface area contributed by atoms with Crippen molar-refractivity contribution in [2.75, 3.05) is 0 Å². The lowest BCUT2D eigenvalue weighted by atomic mass is 10.2. The molecule has 0 spiro atoms. The van der Waals surface area contributed by atoms with Gasteiger partial charge in [-0.05, 0) is 12.5 Å². The predicted octanol–water partition coefficient (Wildman–Crippen LogP) is 0.409. The predicted molar refractivity (Wildman–Crippen MR) is 30.3 cm³/mol. The van der Waals surface area contributed by atoms with E-state index < -0.39 is 0 Å². The van der Waals surface area contributed by atoms with Gasteiger partial charge in [0.05, 0.1) is 12.2 Å². The van der Waals surface area contributed by atoms with Crippen molar-refractivity contribution in [2.45, 2.75) is 12.5 Å². The maximum Gasteiger partial charge on any atom is 0.0789 e. The Morgan fingerprint density at radius 2 is 2.75 bits per heavy atom. The first-order valence-electron chi connectivity index (χ1n) is 2.77. The fourth-order valence-electron chi connectivity index (χ4n) is 1.00. The highest BCUT2D eigenvalue weighted by Crippen LogP contribution is 2.15. The van der Waals surface area contributed by atoms with Crippen LogP contribution in [0.4, 0.5) is 0 Å². The van der Waals surface area contributed by atoms with Crippen molar-refractivity contribution in [3.8, 4) is 0 Å². The van der Waals surface area contributed by atoms with Gasteiger partial charge in [-0.1, -0.05) is 6.08 Å². The normalized spacial score (nSPS) is 31.0. The Kier molecular flexibility index (Phi) is 0.640. The molecule has 2 heteroatoms. The summed E-state index contributed by atoms with van der Waals surface area (Å²) >= 11 is 0. The van der Waals surface area contributed by atoms with E-state index in [2.05, 4.69) is 17.7 Å². The summed E-state index contributed by atoms with van der Waals surface area (Å²) in [5, 5.41) is 1.97. The van der Waals surface area contributed by atoms with Crippen molar-refractivity contribution in [3.05, 3.63) is 24.6 Å². The number of hydrogen-bond donors (Lipinski definition) is 1. The second-order valence-corrected chi connectivity index (χ2v) is 1.99. The van der Waals surface area contributed by atoms with Crippen LogP contribution < -0.4 is 5.43 Å². The smallest absolute Gasteiger partial charge is 0.0789 e. The van der Waals surface area contributed by atoms with E-state index in [4.69, 9.17) is 0 Å². The molecule has 0 aliphatic carbocycles. The maximum absolute atomic E-state index is 3.05. The Balaban J connectivity index is 2.20. The first kappa shape index (κ1) is 4.01. The third-order valence-corrected chi connectivity index (χ3v) is 1.45. The van der Waals surface area contributed by atoms with Gasteiger partial charge < -0.3 is 5.43 Å². The van der Waals surface area contributed by atoms with E-state index in [9.17, 15) is 0 Å². The standard InChI is InChI=1S/C6H7N2/c1-2-6-3-4-7-8(6)5-1/h1,3-4,6-7H,2H2. The molecule has 0 aromatic heterocycles. The summed E-state index contributed by atoms with van der Waals surface area (Å²) in [4.78, 5) is 0. The summed E-state index contributed by atoms with van der Waals surface area (Å²) < 4.78 is 0. The highest BCUT2D eigenvalue weighted by Gasteiger charge is 2.18. The van der Waals surface area contributed by atoms with Crippen LogP contribution in [0.25, 0.3) is 0 Å². The van der Waals surface area contributed by atoms with Gasteiger partial charge in [0.25, 0.3) is 0 Å². The first-order chi connectivity index (χ1) is 3.97. The highest BCUT2D eigenvalue weighted by atomic mass is 15.5. The molecule has 8 heavy (non-hydrogen) atoms. The van der Waals surface area contributed by atoms with Crippen molar-refractivity contribution in [1.29, 1.82) is 0 Å². The zero-order chi connectivity index (χ0) is 5.40. The summed E-state index contributed by atoms with van der Waals surface area (Å²) in [6, 6.07) is 0.551. The summed E-state index contributed by atoms with van der Waals surface area (Å²) in [5.41, 5.74) is 3.03. The molecule has 2 aliphatic rings. The molecule has 1 atom stereocenters. The zero-order valence-electron chi connectivity index (χ0n) is 4.46. The van der Waals surface area contributed by atoms with Crippen molar-refractivity contribution >= 4 is 0 Å². The van der Waals surface area contributed by atoms with E-state index in [-0.39, 0.29) is 0 Å². The largest absolute Gasteiger partial charge is 0.305 e. The van der Waals surface area contributed by atoms with Gasteiger partial charge in [-0.3, -0.25) is 5.01 Å². The quantitative estimate of drug-likeness (QED) is 0.482. The second-order valence-electron chi connectivity index (χ2n) is 1.99. The van der Waals surface area contributed by atoms with Crippen LogP contribution in [0.2, 0.25) is 0 Å². The third-order valence-electron chi connectivity index (χ3n) is 1.45. The molecule has 2 rings (SSSR count). The van der Waals surface area contributed by atoms with Crippen molar-refractivity contribution in [2.24, 2.45) is 0 Å². The average molecular weight is 107 g/mol. The van der Waals surface area contributed by atoms with Crippen molar-refractivity contribution in [3.63, 3.8) is 0 Å². The lowest BCUT2D eigenvalue weighted by Gasteiger charge is -2.13. The van der Waals surface area contributed by atoms with Gasteiger partial charge in [-0.25, -0.2) is 0 Å². The highest BCUT2D eigenvalue weighted by molar-refractivity contribution is 5.07. The number of rotatable bonds is 0. The van der Waals surface area contributed by atoms with Gasteiger partial charge in [0.2, 0.25) is 0 Å². The Bertz CT molecular complexity index is 131. The Morgan fingerprint density at radius 1 is 1.75 bits per heavy atom. The lowest BCUT2D eigenvalue weighted by molar-refractivity contribution is 0.301. The van der Waals surface area contributed by atoms with Crippen molar-refractivity contribution < 1.29 is 0 Å². The fourth-order valence-corrected chi connectivity index (χ4v) is 1.00. The molecule has 0 aromatic rings. The molecule has 2 nitrogen and oxygen atoms in total. The van der Waals surface area contributed by atoms with Gasteiger partial charge in [-0.2, -0.15) is 0 Å². The third kappa shape index (κ3) is 0.372. The molecule has 1 radical (unpaired) electrons. The fraction of sp³-hybridized carbons (Fsp3) is 0.333. The summed E-state index contributed by atoms with van der Waals surface area (Å²) in [6.45, 7) is 0. The van der Waals surface area contributed by atoms with Crippen LogP contribution in [0.5, 0.6) is 0 Å². The van der Waals surface area contributed by atoms with Gasteiger partial charge in [0, 0.05) is 6.20 Å². The van der Waals surface area contributed by atoms with Crippen molar-refractivity contribution in [1.82, 2.24) is 10.4 Å². The number of nitrogens with one attached hydrogen (secondary N) is 1. The molecule has 1 unspecified atom stereocenters. The molecule has 0 aromatic carbocycles. The van der Waals surface area contributed by atoms with E-state index in [1.165, 1.54) is 0 Å². The van der Waals surface area contributed by atoms with Gasteiger partial charge in [0.15, 0.2) is 0 Å². The van der Waals surface area contributed by atoms with Crippen LogP contribution >= 0.6 is 0 Å². The summed E-state index contributed by atoms with van der Waals surface area (Å²) in [5.74, 6) is 0. The minimum Gasteiger partial charge on any atom is -0.305 e. The zero-order valence-corrected chi connectivity index (χ0v) is 4.46. The molecule has 0 bridgehead atoms. The lowest BCUT2D eigenvalue weighted by Crippen LogP contribution is -2.28. The van der Waals surface area contributed by atoms with Gasteiger partial charge in [0.1, 0.15) is 0 Å². The topological polar surface area (TPSA) is 15.3 Å². The summed E-state index contributed by atoms with van der Waals surface area (Å²) in [6.07, 6.45) is 10.3. The van der Waals surface area contributed by atoms with Crippen LogP contribution in [0.1, 0.15) is 6.42 Å². The molecule has 2 aliphatic heterocycles. The van der Waals surface area contributed by atoms with E-state index >= 15 is 0 Å². The molecule has 0 amide bonds. The Labute approximate surface area is 48.5 Å². The molecular formula is C6H7N2. The monoisotopic (exact) mass is 107 g/mol. The molecule has 0 fully saturated rings. The Morgan fingerprint density at radius 3 is 3.62 bits per heavy atom. The molecule has 1 N–H and O–H groups in total. The van der Waals surface area contributed by atoms with Crippen LogP contribution in [0, 0.1) is 6.20 Å². The molecule has 0 saturated carbocycles. The van der Waals surface area contributed by atoms with Gasteiger partial charge in [-0.15, -0.1) is 0 Å². The minimum atomic E-state index is 0.551. The first-order valence-corrected chi connectivity index (χ1v) is 2.77. The van der Waals surface area contributed by atoms with E-state index in [1.807, 2.05) is 17.3 Å². The SMILES string of the molecule is [C]1=CCC2C=CNN12. The van der Waals surface area contributed by atoms with E-state index in [0.29, 0.717) is 6.04 Å². The number of hydrazine groups is 1. The Hall–Kier alpha value is -0.920. The van der Waals surface area contributed by atoms with Crippen LogP contribution in [-0.2, 0) is 0 Å². The molecule has 41 valence electrons. The molecule has 2 heterocycles. The van der Waals surface area contributed by atoms with Crippen LogP contribution in [0.3, 0.4) is 0 Å². The maximum atomic E-state index is 3.05. The van der Waals surface area contributed by atoms with E-state index in [1.54, 1.807) is 0 Å². The van der Waals surface area contributed by atoms with E-state index in [0.717, 1.165) is 6.42 Å². The average Bonchev–Trinajstić information content (AvgIpc) is 2.15. The summed E-state index contributed by atoms with van der Waals surface area (Å²) in [7, 11) is 0. The second kappa shape index (κ2) is 1.28. The van der Waals surface area contributed by atoms with Gasteiger partial charge >= 0.3 is 0 Å². The molecular weight excluding hydrogens is 100 g/mol. The minimum absolute atomic E-state index is 0.551. The van der Waals surface area contributed by atoms with Crippen LogP contribution in [-0.4, -0.2) is 11.1 Å². The number of nitrogens with zero attached hydrogens (tertiary/aromatic N) is 1. The molecule has 0 saturated heterocycles.